The molecule has 5 nitrogen and oxygen atoms in total. The van der Waals surface area contributed by atoms with Crippen LogP contribution >= 0.6 is 15.9 Å². The van der Waals surface area contributed by atoms with Gasteiger partial charge in [0.1, 0.15) is 0 Å². The van der Waals surface area contributed by atoms with E-state index in [2.05, 4.69) is 21.0 Å². The third-order valence-corrected chi connectivity index (χ3v) is 5.61. The summed E-state index contributed by atoms with van der Waals surface area (Å²) in [4.78, 5) is 0.316. The lowest BCUT2D eigenvalue weighted by Crippen LogP contribution is -2.26. The summed E-state index contributed by atoms with van der Waals surface area (Å²) < 4.78 is 29.1. The largest absolute Gasteiger partial charge is 0.271 e. The topological polar surface area (TPSA) is 55.2 Å². The van der Waals surface area contributed by atoms with E-state index in [1.807, 2.05) is 7.05 Å². The fourth-order valence-corrected chi connectivity index (χ4v) is 3.83. The van der Waals surface area contributed by atoms with Gasteiger partial charge in [-0.3, -0.25) is 4.68 Å². The predicted octanol–water partition coefficient (Wildman–Crippen LogP) is 1.89. The molecule has 7 heteroatoms. The van der Waals surface area contributed by atoms with E-state index in [9.17, 15) is 8.42 Å². The number of sulfonamides is 1. The van der Waals surface area contributed by atoms with Crippen molar-refractivity contribution in [1.29, 1.82) is 0 Å². The molecule has 0 atom stereocenters. The highest BCUT2D eigenvalue weighted by atomic mass is 79.9. The van der Waals surface area contributed by atoms with E-state index >= 15 is 0 Å². The molecule has 0 bridgehead atoms. The van der Waals surface area contributed by atoms with Crippen molar-refractivity contribution in [3.05, 3.63) is 46.2 Å². The highest BCUT2D eigenvalue weighted by Gasteiger charge is 2.32. The van der Waals surface area contributed by atoms with E-state index in [-0.39, 0.29) is 0 Å². The van der Waals surface area contributed by atoms with Gasteiger partial charge in [-0.05, 0) is 24.3 Å². The van der Waals surface area contributed by atoms with Crippen LogP contribution in [0.5, 0.6) is 0 Å². The van der Waals surface area contributed by atoms with Gasteiger partial charge in [-0.15, -0.1) is 0 Å². The number of hydrogen-bond donors (Lipinski definition) is 0. The molecule has 2 aromatic rings. The minimum atomic E-state index is -3.44. The Morgan fingerprint density at radius 2 is 1.89 bits per heavy atom. The van der Waals surface area contributed by atoms with Gasteiger partial charge in [0.2, 0.25) is 10.0 Å². The lowest BCUT2D eigenvalue weighted by atomic mass is 10.3. The van der Waals surface area contributed by atoms with E-state index in [4.69, 9.17) is 0 Å². The van der Waals surface area contributed by atoms with Gasteiger partial charge in [-0.25, -0.2) is 8.42 Å². The van der Waals surface area contributed by atoms with Gasteiger partial charge in [0, 0.05) is 23.6 Å². The zero-order valence-electron chi connectivity index (χ0n) is 10.2. The zero-order chi connectivity index (χ0) is 13.6. The highest BCUT2D eigenvalue weighted by molar-refractivity contribution is 9.10. The average molecular weight is 342 g/mol. The third kappa shape index (κ3) is 2.11. The molecule has 0 aliphatic carbocycles. The number of benzene rings is 1. The number of fused-ring (bicyclic) bond motifs is 1. The van der Waals surface area contributed by atoms with Gasteiger partial charge < -0.3 is 0 Å². The molecule has 0 amide bonds. The Kier molecular flexibility index (Phi) is 2.99. The molecule has 0 saturated heterocycles. The molecule has 0 N–H and O–H groups in total. The first-order chi connectivity index (χ1) is 8.98. The average Bonchev–Trinajstić information content (AvgIpc) is 2.93. The quantitative estimate of drug-likeness (QED) is 0.838. The molecule has 1 aliphatic rings. The van der Waals surface area contributed by atoms with Crippen LogP contribution in [0, 0.1) is 0 Å². The molecule has 0 saturated carbocycles. The fourth-order valence-electron chi connectivity index (χ4n) is 2.18. The molecule has 1 aliphatic heterocycles. The van der Waals surface area contributed by atoms with Crippen molar-refractivity contribution in [2.24, 2.45) is 7.05 Å². The van der Waals surface area contributed by atoms with E-state index in [0.717, 1.165) is 15.7 Å². The Hall–Kier alpha value is -1.18. The van der Waals surface area contributed by atoms with Crippen molar-refractivity contribution in [2.75, 3.05) is 0 Å². The van der Waals surface area contributed by atoms with Crippen LogP contribution in [-0.2, 0) is 30.2 Å². The number of rotatable bonds is 2. The first kappa shape index (κ1) is 12.8. The Morgan fingerprint density at radius 3 is 2.53 bits per heavy atom. The molecule has 0 radical (unpaired) electrons. The summed E-state index contributed by atoms with van der Waals surface area (Å²) in [5.41, 5.74) is 1.93. The highest BCUT2D eigenvalue weighted by Crippen LogP contribution is 2.28. The Labute approximate surface area is 120 Å². The summed E-state index contributed by atoms with van der Waals surface area (Å²) in [5.74, 6) is 0. The van der Waals surface area contributed by atoms with Gasteiger partial charge in [0.05, 0.1) is 23.3 Å². The maximum Gasteiger partial charge on any atom is 0.243 e. The Morgan fingerprint density at radius 1 is 1.21 bits per heavy atom. The zero-order valence-corrected chi connectivity index (χ0v) is 12.6. The molecular formula is C12H12BrN3O2S. The standard InChI is InChI=1S/C12H12BrN3O2S/c1-15-12-8-16(7-9(12)6-14-15)19(17,18)11-4-2-10(13)3-5-11/h2-6H,7-8H2,1H3. The second-order valence-corrected chi connectivity index (χ2v) is 7.32. The minimum absolute atomic E-state index is 0.316. The lowest BCUT2D eigenvalue weighted by Gasteiger charge is -2.16. The number of halogens is 1. The molecule has 1 aromatic heterocycles. The molecule has 19 heavy (non-hydrogen) atoms. The fraction of sp³-hybridized carbons (Fsp3) is 0.250. The van der Waals surface area contributed by atoms with Crippen molar-refractivity contribution in [3.63, 3.8) is 0 Å². The molecule has 1 aromatic carbocycles. The van der Waals surface area contributed by atoms with Crippen molar-refractivity contribution in [3.8, 4) is 0 Å². The maximum atomic E-state index is 12.5. The van der Waals surface area contributed by atoms with E-state index < -0.39 is 10.0 Å². The third-order valence-electron chi connectivity index (χ3n) is 3.27. The van der Waals surface area contributed by atoms with Gasteiger partial charge in [-0.1, -0.05) is 15.9 Å². The van der Waals surface area contributed by atoms with Crippen molar-refractivity contribution in [2.45, 2.75) is 18.0 Å². The van der Waals surface area contributed by atoms with Crippen LogP contribution in [0.15, 0.2) is 39.8 Å². The predicted molar refractivity (Wildman–Crippen MR) is 73.8 cm³/mol. The van der Waals surface area contributed by atoms with Gasteiger partial charge in [0.15, 0.2) is 0 Å². The number of aryl methyl sites for hydroxylation is 1. The van der Waals surface area contributed by atoms with Crippen LogP contribution in [0.25, 0.3) is 0 Å². The first-order valence-corrected chi connectivity index (χ1v) is 7.97. The van der Waals surface area contributed by atoms with E-state index in [0.29, 0.717) is 18.0 Å². The Bertz CT molecular complexity index is 722. The molecule has 3 rings (SSSR count). The van der Waals surface area contributed by atoms with Crippen LogP contribution in [0.3, 0.4) is 0 Å². The van der Waals surface area contributed by atoms with E-state index in [1.54, 1.807) is 35.1 Å². The Balaban J connectivity index is 1.93. The van der Waals surface area contributed by atoms with Crippen molar-refractivity contribution >= 4 is 26.0 Å². The minimum Gasteiger partial charge on any atom is -0.271 e. The van der Waals surface area contributed by atoms with Crippen LogP contribution in [0.4, 0.5) is 0 Å². The van der Waals surface area contributed by atoms with Crippen LogP contribution in [0.2, 0.25) is 0 Å². The second-order valence-electron chi connectivity index (χ2n) is 4.47. The summed E-state index contributed by atoms with van der Waals surface area (Å²) in [6, 6.07) is 6.69. The van der Waals surface area contributed by atoms with Gasteiger partial charge >= 0.3 is 0 Å². The summed E-state index contributed by atoms with van der Waals surface area (Å²) >= 11 is 3.30. The number of nitrogens with zero attached hydrogens (tertiary/aromatic N) is 3. The number of hydrogen-bond acceptors (Lipinski definition) is 3. The molecule has 0 unspecified atom stereocenters. The molecule has 0 fully saturated rings. The second kappa shape index (κ2) is 4.43. The van der Waals surface area contributed by atoms with Crippen LogP contribution in [-0.4, -0.2) is 22.5 Å². The summed E-state index contributed by atoms with van der Waals surface area (Å²) in [6.07, 6.45) is 1.73. The smallest absolute Gasteiger partial charge is 0.243 e. The number of aromatic nitrogens is 2. The first-order valence-electron chi connectivity index (χ1n) is 5.74. The van der Waals surface area contributed by atoms with Gasteiger partial charge in [-0.2, -0.15) is 9.40 Å². The maximum absolute atomic E-state index is 12.5. The SMILES string of the molecule is Cn1ncc2c1CN(S(=O)(=O)c1ccc(Br)cc1)C2. The molecular weight excluding hydrogens is 330 g/mol. The molecule has 0 spiro atoms. The van der Waals surface area contributed by atoms with Crippen LogP contribution < -0.4 is 0 Å². The van der Waals surface area contributed by atoms with Crippen LogP contribution in [0.1, 0.15) is 11.3 Å². The monoisotopic (exact) mass is 341 g/mol. The summed E-state index contributed by atoms with van der Waals surface area (Å²) in [6.45, 7) is 0.770. The summed E-state index contributed by atoms with van der Waals surface area (Å²) in [5, 5.41) is 4.13. The van der Waals surface area contributed by atoms with E-state index in [1.165, 1.54) is 4.31 Å². The van der Waals surface area contributed by atoms with Crippen molar-refractivity contribution in [1.82, 2.24) is 14.1 Å². The van der Waals surface area contributed by atoms with Crippen molar-refractivity contribution < 1.29 is 8.42 Å². The molecule has 100 valence electrons. The summed E-state index contributed by atoms with van der Waals surface area (Å²) in [7, 11) is -1.61. The normalized spacial score (nSPS) is 15.7. The lowest BCUT2D eigenvalue weighted by molar-refractivity contribution is 0.421. The molecule has 2 heterocycles. The van der Waals surface area contributed by atoms with Gasteiger partial charge in [0.25, 0.3) is 0 Å².